The Balaban J connectivity index is 2.43. The van der Waals surface area contributed by atoms with Crippen LogP contribution in [0.3, 0.4) is 0 Å². The van der Waals surface area contributed by atoms with E-state index in [1.165, 1.54) is 0 Å². The van der Waals surface area contributed by atoms with Crippen LogP contribution in [0.15, 0.2) is 65.7 Å². The zero-order valence-electron chi connectivity index (χ0n) is 29.7. The van der Waals surface area contributed by atoms with Gasteiger partial charge in [0.1, 0.15) is 36.1 Å². The predicted octanol–water partition coefficient (Wildman–Crippen LogP) is 6.47. The maximum atomic E-state index is 13.6. The van der Waals surface area contributed by atoms with E-state index in [0.717, 1.165) is 4.90 Å². The standard InChI is InChI=1S/C35H48N4O10/c1-33(2,3)47-30(42)37-28(38-31(43)48-34(4,5)6)39(32(44)49-35(7,8)9)21-20-26(27(40)45-22-24-16-12-10-13-17-24)36-29(41)46-23-25-18-14-11-15-19-25/h10-19,26H,20-23H2,1-9H3,(H,36,41)(H,37,38,42,43)/t26-/m0/s1. The van der Waals surface area contributed by atoms with E-state index >= 15 is 0 Å². The summed E-state index contributed by atoms with van der Waals surface area (Å²) in [5.74, 6) is -1.43. The highest BCUT2D eigenvalue weighted by Crippen LogP contribution is 2.15. The van der Waals surface area contributed by atoms with Crippen LogP contribution >= 0.6 is 0 Å². The Morgan fingerprint density at radius 1 is 0.673 bits per heavy atom. The smallest absolute Gasteiger partial charge is 0.437 e. The van der Waals surface area contributed by atoms with E-state index in [2.05, 4.69) is 15.6 Å². The topological polar surface area (TPSA) is 171 Å². The van der Waals surface area contributed by atoms with Crippen molar-refractivity contribution in [2.24, 2.45) is 4.99 Å². The van der Waals surface area contributed by atoms with Crippen molar-refractivity contribution < 1.29 is 47.7 Å². The fraction of sp³-hybridized carbons (Fsp3) is 0.486. The van der Waals surface area contributed by atoms with Gasteiger partial charge in [-0.15, -0.1) is 4.99 Å². The fourth-order valence-corrected chi connectivity index (χ4v) is 3.77. The summed E-state index contributed by atoms with van der Waals surface area (Å²) in [7, 11) is 0. The summed E-state index contributed by atoms with van der Waals surface area (Å²) in [6.45, 7) is 14.0. The minimum atomic E-state index is -1.36. The van der Waals surface area contributed by atoms with Crippen molar-refractivity contribution in [2.45, 2.75) is 105 Å². The lowest BCUT2D eigenvalue weighted by Crippen LogP contribution is -2.52. The Labute approximate surface area is 287 Å². The number of guanidine groups is 1. The molecule has 0 radical (unpaired) electrons. The molecule has 0 aliphatic rings. The van der Waals surface area contributed by atoms with E-state index in [4.69, 9.17) is 23.7 Å². The molecule has 0 unspecified atom stereocenters. The van der Waals surface area contributed by atoms with Gasteiger partial charge < -0.3 is 29.0 Å². The molecule has 14 nitrogen and oxygen atoms in total. The minimum Gasteiger partial charge on any atom is -0.459 e. The Morgan fingerprint density at radius 3 is 1.65 bits per heavy atom. The van der Waals surface area contributed by atoms with Crippen LogP contribution in [0.4, 0.5) is 19.2 Å². The number of benzene rings is 2. The van der Waals surface area contributed by atoms with Crippen LogP contribution in [0.2, 0.25) is 0 Å². The predicted molar refractivity (Wildman–Crippen MR) is 180 cm³/mol. The van der Waals surface area contributed by atoms with Crippen LogP contribution in [-0.4, -0.2) is 70.6 Å². The summed E-state index contributed by atoms with van der Waals surface area (Å²) in [5, 5.41) is 4.81. The van der Waals surface area contributed by atoms with Gasteiger partial charge in [0.15, 0.2) is 0 Å². The van der Waals surface area contributed by atoms with Crippen LogP contribution in [-0.2, 0) is 41.7 Å². The summed E-state index contributed by atoms with van der Waals surface area (Å²) in [6.07, 6.45) is -4.42. The number of hydrogen-bond acceptors (Lipinski definition) is 10. The maximum Gasteiger partial charge on any atom is 0.437 e. The molecule has 2 rings (SSSR count). The molecule has 4 amide bonds. The number of hydrogen-bond donors (Lipinski definition) is 2. The molecule has 1 atom stereocenters. The van der Waals surface area contributed by atoms with Gasteiger partial charge in [0.25, 0.3) is 0 Å². The lowest BCUT2D eigenvalue weighted by Gasteiger charge is -2.29. The quantitative estimate of drug-likeness (QED) is 0.129. The average Bonchev–Trinajstić information content (AvgIpc) is 2.96. The van der Waals surface area contributed by atoms with Crippen LogP contribution in [0, 0.1) is 0 Å². The van der Waals surface area contributed by atoms with Crippen molar-refractivity contribution in [1.29, 1.82) is 0 Å². The average molecular weight is 685 g/mol. The van der Waals surface area contributed by atoms with Crippen LogP contribution in [0.5, 0.6) is 0 Å². The SMILES string of the molecule is CC(C)(C)OC(=O)/N=C(/NC(=O)OC(C)(C)C)N(CC[C@H](NC(=O)OCc1ccccc1)C(=O)OCc1ccccc1)C(=O)OC(C)(C)C. The van der Waals surface area contributed by atoms with Crippen molar-refractivity contribution >= 4 is 36.3 Å². The molecule has 14 heteroatoms. The van der Waals surface area contributed by atoms with Crippen molar-refractivity contribution in [3.8, 4) is 0 Å². The Kier molecular flexibility index (Phi) is 14.6. The van der Waals surface area contributed by atoms with Gasteiger partial charge in [-0.3, -0.25) is 5.32 Å². The first-order chi connectivity index (χ1) is 22.7. The lowest BCUT2D eigenvalue weighted by molar-refractivity contribution is -0.147. The minimum absolute atomic E-state index is 0.0744. The number of nitrogens with zero attached hydrogens (tertiary/aromatic N) is 2. The monoisotopic (exact) mass is 684 g/mol. The van der Waals surface area contributed by atoms with E-state index in [1.54, 1.807) is 111 Å². The van der Waals surface area contributed by atoms with E-state index in [1.807, 2.05) is 12.1 Å². The molecule has 2 aromatic rings. The van der Waals surface area contributed by atoms with Gasteiger partial charge in [-0.2, -0.15) is 0 Å². The molecule has 0 bridgehead atoms. The second kappa shape index (κ2) is 17.9. The maximum absolute atomic E-state index is 13.6. The molecule has 0 heterocycles. The summed E-state index contributed by atoms with van der Waals surface area (Å²) < 4.78 is 27.0. The Morgan fingerprint density at radius 2 is 1.16 bits per heavy atom. The summed E-state index contributed by atoms with van der Waals surface area (Å²) >= 11 is 0. The molecule has 0 saturated heterocycles. The van der Waals surface area contributed by atoms with Gasteiger partial charge in [0.2, 0.25) is 5.96 Å². The first-order valence-corrected chi connectivity index (χ1v) is 15.7. The number of nitrogens with one attached hydrogen (secondary N) is 2. The van der Waals surface area contributed by atoms with E-state index in [0.29, 0.717) is 11.1 Å². The number of carbonyl (C=O) groups excluding carboxylic acids is 5. The molecule has 0 aromatic heterocycles. The molecule has 2 N–H and O–H groups in total. The van der Waals surface area contributed by atoms with Gasteiger partial charge in [-0.05, 0) is 79.9 Å². The third-order valence-electron chi connectivity index (χ3n) is 5.73. The summed E-state index contributed by atoms with van der Waals surface area (Å²) in [6, 6.07) is 16.4. The number of amides is 4. The zero-order chi connectivity index (χ0) is 36.8. The molecule has 0 fully saturated rings. The number of alkyl carbamates (subject to hydrolysis) is 2. The van der Waals surface area contributed by atoms with E-state index in [9.17, 15) is 24.0 Å². The van der Waals surface area contributed by atoms with Crippen molar-refractivity contribution in [2.75, 3.05) is 6.54 Å². The van der Waals surface area contributed by atoms with Crippen LogP contribution < -0.4 is 10.6 Å². The van der Waals surface area contributed by atoms with Gasteiger partial charge in [0, 0.05) is 6.54 Å². The highest BCUT2D eigenvalue weighted by atomic mass is 16.6. The third kappa shape index (κ3) is 17.0. The first kappa shape index (κ1) is 40.0. The number of rotatable bonds is 9. The molecule has 2 aromatic carbocycles. The molecule has 49 heavy (non-hydrogen) atoms. The number of ether oxygens (including phenoxy) is 5. The van der Waals surface area contributed by atoms with E-state index < -0.39 is 65.7 Å². The first-order valence-electron chi connectivity index (χ1n) is 15.7. The molecule has 0 aliphatic heterocycles. The summed E-state index contributed by atoms with van der Waals surface area (Å²) in [5.41, 5.74) is -1.52. The highest BCUT2D eigenvalue weighted by molar-refractivity contribution is 6.05. The lowest BCUT2D eigenvalue weighted by atomic mass is 10.2. The van der Waals surface area contributed by atoms with Crippen molar-refractivity contribution in [1.82, 2.24) is 15.5 Å². The second-order valence-corrected chi connectivity index (χ2v) is 13.8. The summed E-state index contributed by atoms with van der Waals surface area (Å²) in [4.78, 5) is 70.1. The van der Waals surface area contributed by atoms with E-state index in [-0.39, 0.29) is 19.6 Å². The number of carbonyl (C=O) groups is 5. The van der Waals surface area contributed by atoms with Crippen LogP contribution in [0.25, 0.3) is 0 Å². The molecule has 0 saturated carbocycles. The third-order valence-corrected chi connectivity index (χ3v) is 5.73. The van der Waals surface area contributed by atoms with Crippen LogP contribution in [0.1, 0.15) is 79.9 Å². The molecule has 0 aliphatic carbocycles. The Hall–Kier alpha value is -5.14. The molecular weight excluding hydrogens is 636 g/mol. The van der Waals surface area contributed by atoms with Gasteiger partial charge in [-0.1, -0.05) is 60.7 Å². The Bertz CT molecular complexity index is 1440. The normalized spacial score (nSPS) is 12.6. The van der Waals surface area contributed by atoms with Gasteiger partial charge >= 0.3 is 30.3 Å². The number of esters is 1. The number of aliphatic imine (C=N–C) groups is 1. The molecule has 0 spiro atoms. The zero-order valence-corrected chi connectivity index (χ0v) is 29.7. The fourth-order valence-electron chi connectivity index (χ4n) is 3.77. The van der Waals surface area contributed by atoms with Gasteiger partial charge in [0.05, 0.1) is 0 Å². The van der Waals surface area contributed by atoms with Crippen molar-refractivity contribution in [3.05, 3.63) is 71.8 Å². The molecular formula is C35H48N4O10. The van der Waals surface area contributed by atoms with Gasteiger partial charge in [-0.25, -0.2) is 28.9 Å². The largest absolute Gasteiger partial charge is 0.459 e. The highest BCUT2D eigenvalue weighted by Gasteiger charge is 2.32. The molecule has 268 valence electrons. The second-order valence-electron chi connectivity index (χ2n) is 13.8. The van der Waals surface area contributed by atoms with Crippen molar-refractivity contribution in [3.63, 3.8) is 0 Å².